The summed E-state index contributed by atoms with van der Waals surface area (Å²) in [6, 6.07) is 27.7. The van der Waals surface area contributed by atoms with Gasteiger partial charge in [-0.2, -0.15) is 0 Å². The highest BCUT2D eigenvalue weighted by Gasteiger charge is 2.51. The first kappa shape index (κ1) is 22.1. The van der Waals surface area contributed by atoms with Crippen LogP contribution in [-0.2, 0) is 5.41 Å². The van der Waals surface area contributed by atoms with Crippen LogP contribution in [0.15, 0.2) is 84.9 Å². The van der Waals surface area contributed by atoms with Crippen molar-refractivity contribution >= 4 is 0 Å². The van der Waals surface area contributed by atoms with Gasteiger partial charge in [-0.1, -0.05) is 84.4 Å². The molecule has 0 radical (unpaired) electrons. The molecule has 180 valence electrons. The normalized spacial score (nSPS) is 16.5. The molecule has 5 aromatic rings. The summed E-state index contributed by atoms with van der Waals surface area (Å²) in [5.41, 5.74) is 7.30. The van der Waals surface area contributed by atoms with Crippen LogP contribution in [0, 0.1) is 37.1 Å². The molecule has 4 heteroatoms. The summed E-state index contributed by atoms with van der Waals surface area (Å²) < 4.78 is 59.4. The molecule has 5 aromatic carbocycles. The van der Waals surface area contributed by atoms with Crippen molar-refractivity contribution in [3.8, 4) is 33.4 Å². The molecule has 1 atom stereocenters. The lowest BCUT2D eigenvalue weighted by Gasteiger charge is -2.31. The smallest absolute Gasteiger partial charge is 0.170 e. The van der Waals surface area contributed by atoms with Crippen molar-refractivity contribution in [2.24, 2.45) is 0 Å². The first-order valence-corrected chi connectivity index (χ1v) is 12.1. The fourth-order valence-electron chi connectivity index (χ4n) is 6.40. The van der Waals surface area contributed by atoms with Crippen LogP contribution < -0.4 is 0 Å². The van der Waals surface area contributed by atoms with Crippen LogP contribution in [0.25, 0.3) is 33.4 Å². The van der Waals surface area contributed by atoms with Crippen LogP contribution in [0.1, 0.15) is 33.4 Å². The number of benzene rings is 5. The quantitative estimate of drug-likeness (QED) is 0.159. The number of hydrogen-bond donors (Lipinski definition) is 0. The maximum atomic E-state index is 15.1. The Hall–Kier alpha value is -4.18. The molecule has 0 fully saturated rings. The van der Waals surface area contributed by atoms with Gasteiger partial charge in [0.05, 0.1) is 11.0 Å². The van der Waals surface area contributed by atoms with Crippen molar-refractivity contribution in [2.75, 3.05) is 0 Å². The second-order valence-corrected chi connectivity index (χ2v) is 9.91. The van der Waals surface area contributed by atoms with Gasteiger partial charge in [-0.15, -0.1) is 0 Å². The summed E-state index contributed by atoms with van der Waals surface area (Å²) in [4.78, 5) is 0. The van der Waals surface area contributed by atoms with Crippen LogP contribution in [0.2, 0.25) is 0 Å². The lowest BCUT2D eigenvalue weighted by atomic mass is 9.70. The lowest BCUT2D eigenvalue weighted by Crippen LogP contribution is -2.26. The van der Waals surface area contributed by atoms with Gasteiger partial charge in [0.1, 0.15) is 0 Å². The fraction of sp³-hybridized carbons (Fsp3) is 0.0909. The molecular weight excluding hydrogens is 472 g/mol. The van der Waals surface area contributed by atoms with E-state index in [-0.39, 0.29) is 5.56 Å². The summed E-state index contributed by atoms with van der Waals surface area (Å²) in [6.07, 6.45) is 0. The average Bonchev–Trinajstić information content (AvgIpc) is 3.37. The van der Waals surface area contributed by atoms with Crippen molar-refractivity contribution in [3.05, 3.63) is 142 Å². The highest BCUT2D eigenvalue weighted by atomic mass is 19.2. The van der Waals surface area contributed by atoms with E-state index in [0.717, 1.165) is 57.0 Å². The van der Waals surface area contributed by atoms with E-state index in [1.165, 1.54) is 0 Å². The van der Waals surface area contributed by atoms with Crippen molar-refractivity contribution in [1.29, 1.82) is 0 Å². The van der Waals surface area contributed by atoms with Gasteiger partial charge in [0.25, 0.3) is 0 Å². The monoisotopic (exact) mass is 492 g/mol. The molecule has 1 unspecified atom stereocenters. The van der Waals surface area contributed by atoms with Crippen molar-refractivity contribution in [1.82, 2.24) is 0 Å². The molecule has 1 spiro atoms. The zero-order chi connectivity index (χ0) is 25.6. The van der Waals surface area contributed by atoms with E-state index < -0.39 is 39.8 Å². The number of aryl methyl sites for hydroxylation is 1. The number of hydrogen-bond acceptors (Lipinski definition) is 0. The Kier molecular flexibility index (Phi) is 4.42. The van der Waals surface area contributed by atoms with Crippen LogP contribution in [0.3, 0.4) is 0 Å². The molecule has 7 rings (SSSR count). The van der Waals surface area contributed by atoms with E-state index in [1.54, 1.807) is 12.1 Å². The molecule has 37 heavy (non-hydrogen) atoms. The summed E-state index contributed by atoms with van der Waals surface area (Å²) >= 11 is 0. The average molecular weight is 493 g/mol. The van der Waals surface area contributed by atoms with Gasteiger partial charge in [-0.3, -0.25) is 0 Å². The maximum absolute atomic E-state index is 15.1. The van der Waals surface area contributed by atoms with E-state index >= 15 is 8.78 Å². The molecule has 0 saturated heterocycles. The van der Waals surface area contributed by atoms with Gasteiger partial charge in [0, 0.05) is 5.56 Å². The zero-order valence-corrected chi connectivity index (χ0v) is 20.1. The van der Waals surface area contributed by atoms with Crippen molar-refractivity contribution in [3.63, 3.8) is 0 Å². The van der Waals surface area contributed by atoms with Crippen LogP contribution in [-0.4, -0.2) is 0 Å². The largest absolute Gasteiger partial charge is 0.203 e. The number of halogens is 4. The second-order valence-electron chi connectivity index (χ2n) is 9.91. The third-order valence-corrected chi connectivity index (χ3v) is 8.02. The highest BCUT2D eigenvalue weighted by molar-refractivity contribution is 5.96. The van der Waals surface area contributed by atoms with Crippen LogP contribution in [0.4, 0.5) is 17.6 Å². The van der Waals surface area contributed by atoms with E-state index in [2.05, 4.69) is 36.4 Å². The molecule has 0 heterocycles. The molecular formula is C33H20F4. The Balaban J connectivity index is 1.63. The van der Waals surface area contributed by atoms with Gasteiger partial charge < -0.3 is 0 Å². The third kappa shape index (κ3) is 2.63. The van der Waals surface area contributed by atoms with E-state index in [1.807, 2.05) is 43.3 Å². The summed E-state index contributed by atoms with van der Waals surface area (Å²) in [5, 5.41) is 0. The van der Waals surface area contributed by atoms with Gasteiger partial charge in [0.15, 0.2) is 23.3 Å². The summed E-state index contributed by atoms with van der Waals surface area (Å²) in [6.45, 7) is 3.07. The third-order valence-electron chi connectivity index (χ3n) is 8.02. The molecule has 0 amide bonds. The summed E-state index contributed by atoms with van der Waals surface area (Å²) in [7, 11) is 0. The Morgan fingerprint density at radius 3 is 1.57 bits per heavy atom. The first-order valence-electron chi connectivity index (χ1n) is 12.1. The second kappa shape index (κ2) is 7.42. The molecule has 2 aliphatic carbocycles. The minimum atomic E-state index is -1.39. The maximum Gasteiger partial charge on any atom is 0.170 e. The molecule has 0 bridgehead atoms. The minimum absolute atomic E-state index is 0.0947. The molecule has 0 nitrogen and oxygen atoms in total. The molecule has 2 aliphatic rings. The standard InChI is InChI=1S/C33H20F4/c1-17-11-13-22-20-7-3-5-9-24(20)33(26(22)15-17)25-10-6-4-8-21(25)23-14-12-19(16-27(23)33)28-31(36)29(34)18(2)30(35)32(28)37/h3-16H,1-2H3. The zero-order valence-electron chi connectivity index (χ0n) is 20.1. The topological polar surface area (TPSA) is 0 Å². The Labute approximate surface area is 211 Å². The predicted octanol–water partition coefficient (Wildman–Crippen LogP) is 8.87. The fourth-order valence-corrected chi connectivity index (χ4v) is 6.40. The minimum Gasteiger partial charge on any atom is -0.203 e. The molecule has 0 aromatic heterocycles. The highest BCUT2D eigenvalue weighted by Crippen LogP contribution is 2.63. The van der Waals surface area contributed by atoms with Crippen molar-refractivity contribution < 1.29 is 17.6 Å². The Morgan fingerprint density at radius 2 is 0.973 bits per heavy atom. The van der Waals surface area contributed by atoms with E-state index in [9.17, 15) is 8.78 Å². The van der Waals surface area contributed by atoms with Crippen LogP contribution >= 0.6 is 0 Å². The molecule has 0 saturated carbocycles. The Morgan fingerprint density at radius 1 is 0.486 bits per heavy atom. The molecule has 0 aliphatic heterocycles. The first-order chi connectivity index (χ1) is 17.9. The SMILES string of the molecule is Cc1ccc2c(c1)C1(c3ccccc3-2)c2ccccc2-c2ccc(-c3c(F)c(F)c(C)c(F)c3F)cc21. The number of rotatable bonds is 1. The van der Waals surface area contributed by atoms with Gasteiger partial charge in [-0.25, -0.2) is 17.6 Å². The summed E-state index contributed by atoms with van der Waals surface area (Å²) in [5.74, 6) is -5.52. The van der Waals surface area contributed by atoms with Crippen molar-refractivity contribution in [2.45, 2.75) is 19.3 Å². The van der Waals surface area contributed by atoms with Crippen LogP contribution in [0.5, 0.6) is 0 Å². The lowest BCUT2D eigenvalue weighted by molar-refractivity contribution is 0.449. The Bertz CT molecular complexity index is 1760. The van der Waals surface area contributed by atoms with Gasteiger partial charge >= 0.3 is 0 Å². The number of fused-ring (bicyclic) bond motifs is 10. The van der Waals surface area contributed by atoms with Gasteiger partial charge in [0.2, 0.25) is 0 Å². The van der Waals surface area contributed by atoms with E-state index in [4.69, 9.17) is 0 Å². The van der Waals surface area contributed by atoms with E-state index in [0.29, 0.717) is 0 Å². The molecule has 0 N–H and O–H groups in total. The predicted molar refractivity (Wildman–Crippen MR) is 137 cm³/mol. The van der Waals surface area contributed by atoms with Gasteiger partial charge in [-0.05, 0) is 70.0 Å².